The molecule has 0 saturated carbocycles. The largest absolute Gasteiger partial charge is 0.333 e. The fraction of sp³-hybridized carbons (Fsp3) is 0.700. The predicted molar refractivity (Wildman–Crippen MR) is 54.1 cm³/mol. The predicted octanol–water partition coefficient (Wildman–Crippen LogP) is -0.488. The number of hydrogen-bond donors (Lipinski definition) is 0. The molecule has 15 heavy (non-hydrogen) atoms. The van der Waals surface area contributed by atoms with E-state index in [2.05, 4.69) is 0 Å². The molecule has 1 unspecified atom stereocenters. The van der Waals surface area contributed by atoms with E-state index in [0.717, 1.165) is 6.29 Å². The number of hydrogen-bond acceptors (Lipinski definition) is 3. The van der Waals surface area contributed by atoms with Crippen molar-refractivity contribution < 1.29 is 14.4 Å². The van der Waals surface area contributed by atoms with Gasteiger partial charge >= 0.3 is 11.8 Å². The number of likely N-dealkylation sites (N-methyl/N-ethyl adjacent to an activating group) is 1. The maximum Gasteiger partial charge on any atom is 0.312 e. The summed E-state index contributed by atoms with van der Waals surface area (Å²) in [6.45, 7) is 5.56. The van der Waals surface area contributed by atoms with E-state index in [9.17, 15) is 14.4 Å². The monoisotopic (exact) mass is 212 g/mol. The summed E-state index contributed by atoms with van der Waals surface area (Å²) in [5.74, 6) is -1.16. The average molecular weight is 212 g/mol. The molecule has 1 aliphatic heterocycles. The molecule has 1 heterocycles. The van der Waals surface area contributed by atoms with Gasteiger partial charge in [0.25, 0.3) is 0 Å². The Morgan fingerprint density at radius 1 is 1.27 bits per heavy atom. The van der Waals surface area contributed by atoms with E-state index in [4.69, 9.17) is 0 Å². The van der Waals surface area contributed by atoms with Gasteiger partial charge in [0.05, 0.1) is 0 Å². The van der Waals surface area contributed by atoms with E-state index in [1.807, 2.05) is 6.92 Å². The van der Waals surface area contributed by atoms with Crippen molar-refractivity contribution in [2.45, 2.75) is 13.8 Å². The Bertz CT molecular complexity index is 278. The number of carbonyl (C=O) groups excluding carboxylic acids is 3. The van der Waals surface area contributed by atoms with Crippen molar-refractivity contribution in [2.24, 2.45) is 5.92 Å². The van der Waals surface area contributed by atoms with Crippen LogP contribution in [0.3, 0.4) is 0 Å². The number of nitrogens with zero attached hydrogens (tertiary/aromatic N) is 2. The van der Waals surface area contributed by atoms with Crippen molar-refractivity contribution in [3.05, 3.63) is 0 Å². The van der Waals surface area contributed by atoms with E-state index in [1.165, 1.54) is 9.80 Å². The highest BCUT2D eigenvalue weighted by atomic mass is 16.2. The highest BCUT2D eigenvalue weighted by Gasteiger charge is 2.31. The first-order valence-electron chi connectivity index (χ1n) is 5.13. The maximum atomic E-state index is 11.6. The van der Waals surface area contributed by atoms with Crippen LogP contribution in [0, 0.1) is 5.92 Å². The van der Waals surface area contributed by atoms with Gasteiger partial charge in [-0.3, -0.25) is 9.59 Å². The lowest BCUT2D eigenvalue weighted by atomic mass is 10.1. The smallest absolute Gasteiger partial charge is 0.312 e. The van der Waals surface area contributed by atoms with Crippen LogP contribution < -0.4 is 0 Å². The summed E-state index contributed by atoms with van der Waals surface area (Å²) >= 11 is 0. The number of aldehydes is 1. The summed E-state index contributed by atoms with van der Waals surface area (Å²) in [4.78, 5) is 36.5. The van der Waals surface area contributed by atoms with Gasteiger partial charge in [0.1, 0.15) is 6.29 Å². The Kier molecular flexibility index (Phi) is 3.82. The first kappa shape index (κ1) is 11.7. The quantitative estimate of drug-likeness (QED) is 0.467. The Labute approximate surface area is 89.0 Å². The van der Waals surface area contributed by atoms with Gasteiger partial charge < -0.3 is 14.6 Å². The number of carbonyl (C=O) groups is 3. The van der Waals surface area contributed by atoms with Crippen LogP contribution in [0.2, 0.25) is 0 Å². The fourth-order valence-corrected chi connectivity index (χ4v) is 1.58. The van der Waals surface area contributed by atoms with Crippen molar-refractivity contribution >= 4 is 18.1 Å². The van der Waals surface area contributed by atoms with Crippen LogP contribution in [0.1, 0.15) is 13.8 Å². The van der Waals surface area contributed by atoms with Gasteiger partial charge in [0.15, 0.2) is 0 Å². The summed E-state index contributed by atoms with van der Waals surface area (Å²) in [7, 11) is 0. The van der Waals surface area contributed by atoms with Crippen LogP contribution in [0.25, 0.3) is 0 Å². The molecule has 5 heteroatoms. The van der Waals surface area contributed by atoms with Gasteiger partial charge in [0.2, 0.25) is 0 Å². The third-order valence-corrected chi connectivity index (χ3v) is 2.52. The summed E-state index contributed by atoms with van der Waals surface area (Å²) in [5.41, 5.74) is 0. The maximum absolute atomic E-state index is 11.6. The third-order valence-electron chi connectivity index (χ3n) is 2.52. The molecule has 1 atom stereocenters. The molecule has 1 saturated heterocycles. The number of amides is 2. The summed E-state index contributed by atoms with van der Waals surface area (Å²) in [5, 5.41) is 0. The zero-order valence-electron chi connectivity index (χ0n) is 9.10. The summed E-state index contributed by atoms with van der Waals surface area (Å²) in [6, 6.07) is 0. The molecule has 0 radical (unpaired) electrons. The van der Waals surface area contributed by atoms with Crippen LogP contribution in [0.5, 0.6) is 0 Å². The van der Waals surface area contributed by atoms with E-state index in [1.54, 1.807) is 6.92 Å². The topological polar surface area (TPSA) is 57.7 Å². The van der Waals surface area contributed by atoms with Crippen molar-refractivity contribution in [1.82, 2.24) is 9.80 Å². The van der Waals surface area contributed by atoms with Crippen LogP contribution >= 0.6 is 0 Å². The SMILES string of the molecule is CCN1CCN(CC(C)C=O)C(=O)C1=O. The summed E-state index contributed by atoms with van der Waals surface area (Å²) in [6.07, 6.45) is 0.796. The molecule has 0 aliphatic carbocycles. The van der Waals surface area contributed by atoms with Crippen LogP contribution in [-0.2, 0) is 14.4 Å². The molecule has 5 nitrogen and oxygen atoms in total. The zero-order chi connectivity index (χ0) is 11.4. The minimum absolute atomic E-state index is 0.213. The number of rotatable bonds is 4. The second-order valence-corrected chi connectivity index (χ2v) is 3.75. The standard InChI is InChI=1S/C10H16N2O3/c1-3-11-4-5-12(6-8(2)7-13)10(15)9(11)14/h7-8H,3-6H2,1-2H3. The summed E-state index contributed by atoms with van der Waals surface area (Å²) < 4.78 is 0. The van der Waals surface area contributed by atoms with Gasteiger partial charge in [-0.1, -0.05) is 6.92 Å². The van der Waals surface area contributed by atoms with Crippen molar-refractivity contribution in [3.8, 4) is 0 Å². The third kappa shape index (κ3) is 2.55. The fourth-order valence-electron chi connectivity index (χ4n) is 1.58. The number of piperazine rings is 1. The minimum Gasteiger partial charge on any atom is -0.333 e. The average Bonchev–Trinajstić information content (AvgIpc) is 2.25. The van der Waals surface area contributed by atoms with Gasteiger partial charge in [-0.05, 0) is 6.92 Å². The Morgan fingerprint density at radius 3 is 2.33 bits per heavy atom. The lowest BCUT2D eigenvalue weighted by molar-refractivity contribution is -0.156. The second kappa shape index (κ2) is 4.91. The molecule has 0 spiro atoms. The van der Waals surface area contributed by atoms with Crippen LogP contribution in [0.15, 0.2) is 0 Å². The van der Waals surface area contributed by atoms with Crippen LogP contribution in [-0.4, -0.2) is 54.1 Å². The first-order chi connectivity index (χ1) is 7.10. The molecule has 0 N–H and O–H groups in total. The van der Waals surface area contributed by atoms with E-state index in [-0.39, 0.29) is 5.92 Å². The Hall–Kier alpha value is -1.39. The molecular weight excluding hydrogens is 196 g/mol. The van der Waals surface area contributed by atoms with Crippen LogP contribution in [0.4, 0.5) is 0 Å². The van der Waals surface area contributed by atoms with Crippen molar-refractivity contribution in [2.75, 3.05) is 26.2 Å². The van der Waals surface area contributed by atoms with Crippen molar-refractivity contribution in [3.63, 3.8) is 0 Å². The molecule has 0 bridgehead atoms. The van der Waals surface area contributed by atoms with Gasteiger partial charge in [0, 0.05) is 32.1 Å². The van der Waals surface area contributed by atoms with E-state index in [0.29, 0.717) is 26.2 Å². The molecule has 0 aromatic carbocycles. The molecule has 0 aromatic rings. The molecule has 1 aliphatic rings. The van der Waals surface area contributed by atoms with Gasteiger partial charge in [-0.15, -0.1) is 0 Å². The molecule has 2 amide bonds. The molecular formula is C10H16N2O3. The second-order valence-electron chi connectivity index (χ2n) is 3.75. The minimum atomic E-state index is -0.489. The molecule has 0 aromatic heterocycles. The lowest BCUT2D eigenvalue weighted by Gasteiger charge is -2.33. The normalized spacial score (nSPS) is 19.3. The zero-order valence-corrected chi connectivity index (χ0v) is 9.10. The van der Waals surface area contributed by atoms with Crippen molar-refractivity contribution in [1.29, 1.82) is 0 Å². The highest BCUT2D eigenvalue weighted by Crippen LogP contribution is 2.06. The van der Waals surface area contributed by atoms with Gasteiger partial charge in [-0.2, -0.15) is 0 Å². The van der Waals surface area contributed by atoms with Gasteiger partial charge in [-0.25, -0.2) is 0 Å². The van der Waals surface area contributed by atoms with E-state index >= 15 is 0 Å². The molecule has 84 valence electrons. The molecule has 1 rings (SSSR count). The lowest BCUT2D eigenvalue weighted by Crippen LogP contribution is -2.55. The highest BCUT2D eigenvalue weighted by molar-refractivity contribution is 6.35. The molecule has 1 fully saturated rings. The Balaban J connectivity index is 2.60. The first-order valence-corrected chi connectivity index (χ1v) is 5.13. The Morgan fingerprint density at radius 2 is 1.80 bits per heavy atom. The van der Waals surface area contributed by atoms with E-state index < -0.39 is 11.8 Å².